The number of nitrogens with zero attached hydrogens (tertiary/aromatic N) is 2. The minimum absolute atomic E-state index is 0.139. The molecule has 0 radical (unpaired) electrons. The fraction of sp³-hybridized carbons (Fsp3) is 0.321. The van der Waals surface area contributed by atoms with E-state index >= 15 is 0 Å². The zero-order chi connectivity index (χ0) is 30.3. The number of Topliss-reactive ketones (excluding diaryl/α,β-unsaturated/α-hetero) is 2. The minimum atomic E-state index is -2.99. The van der Waals surface area contributed by atoms with Gasteiger partial charge >= 0.3 is 0 Å². The van der Waals surface area contributed by atoms with Crippen LogP contribution in [0.4, 0.5) is 5.69 Å². The van der Waals surface area contributed by atoms with E-state index in [-0.39, 0.29) is 11.3 Å². The van der Waals surface area contributed by atoms with E-state index in [4.69, 9.17) is 5.73 Å². The van der Waals surface area contributed by atoms with Crippen molar-refractivity contribution >= 4 is 28.9 Å². The van der Waals surface area contributed by atoms with Crippen molar-refractivity contribution in [3.05, 3.63) is 74.5 Å². The topological polar surface area (TPSA) is 225 Å². The molecule has 5 rings (SSSR count). The number of amides is 1. The van der Waals surface area contributed by atoms with Crippen LogP contribution in [0.5, 0.6) is 5.75 Å². The number of phenolic OH excluding ortho intramolecular Hbond substituents is 1. The second-order valence-electron chi connectivity index (χ2n) is 10.8. The third-order valence-corrected chi connectivity index (χ3v) is 8.48. The molecule has 3 aliphatic carbocycles. The molecule has 1 fully saturated rings. The Hall–Kier alpha value is -4.59. The largest absolute Gasteiger partial charge is 0.508 e. The molecule has 13 heteroatoms. The molecule has 2 aromatic carbocycles. The molecule has 0 aromatic heterocycles. The Morgan fingerprint density at radius 3 is 2.22 bits per heavy atom. The Morgan fingerprint density at radius 1 is 1.07 bits per heavy atom. The number of nitro groups is 1. The van der Waals surface area contributed by atoms with Gasteiger partial charge in [-0.05, 0) is 61.0 Å². The number of likely N-dealkylation sites (N-methyl/N-ethyl adjacent to an activating group) is 1. The lowest BCUT2D eigenvalue weighted by atomic mass is 9.54. The van der Waals surface area contributed by atoms with Crippen LogP contribution in [-0.4, -0.2) is 84.7 Å². The molecule has 214 valence electrons. The van der Waals surface area contributed by atoms with Crippen LogP contribution in [0.3, 0.4) is 0 Å². The van der Waals surface area contributed by atoms with Crippen molar-refractivity contribution in [1.29, 1.82) is 0 Å². The molecule has 41 heavy (non-hydrogen) atoms. The number of fused-ring (bicyclic) bond motifs is 3. The number of hydrogen-bond acceptors (Lipinski definition) is 11. The van der Waals surface area contributed by atoms with Gasteiger partial charge in [-0.3, -0.25) is 29.4 Å². The maximum atomic E-state index is 14.0. The summed E-state index contributed by atoms with van der Waals surface area (Å²) < 4.78 is 0. The van der Waals surface area contributed by atoms with Gasteiger partial charge < -0.3 is 31.3 Å². The number of aliphatic hydroxyl groups is 4. The van der Waals surface area contributed by atoms with Gasteiger partial charge in [0.05, 0.1) is 28.6 Å². The van der Waals surface area contributed by atoms with Crippen LogP contribution in [-0.2, 0) is 14.4 Å². The Labute approximate surface area is 232 Å². The molecule has 0 saturated heterocycles. The number of carbonyl (C=O) groups excluding carboxylic acids is 3. The van der Waals surface area contributed by atoms with Crippen molar-refractivity contribution in [2.75, 3.05) is 14.1 Å². The highest BCUT2D eigenvalue weighted by Gasteiger charge is 2.68. The first-order valence-corrected chi connectivity index (χ1v) is 12.6. The fourth-order valence-electron chi connectivity index (χ4n) is 6.59. The van der Waals surface area contributed by atoms with Gasteiger partial charge in [0.2, 0.25) is 5.78 Å². The highest BCUT2D eigenvalue weighted by atomic mass is 16.6. The van der Waals surface area contributed by atoms with Gasteiger partial charge in [-0.1, -0.05) is 6.92 Å². The number of aromatic hydroxyl groups is 1. The first-order chi connectivity index (χ1) is 19.1. The van der Waals surface area contributed by atoms with E-state index < -0.39 is 86.3 Å². The lowest BCUT2D eigenvalue weighted by molar-refractivity contribution is -0.384. The van der Waals surface area contributed by atoms with E-state index in [0.29, 0.717) is 16.7 Å². The van der Waals surface area contributed by atoms with Crippen molar-refractivity contribution in [3.63, 3.8) is 0 Å². The molecule has 1 saturated carbocycles. The van der Waals surface area contributed by atoms with Crippen LogP contribution >= 0.6 is 0 Å². The smallest absolute Gasteiger partial charge is 0.269 e. The number of ketones is 2. The quantitative estimate of drug-likeness (QED) is 0.175. The predicted octanol–water partition coefficient (Wildman–Crippen LogP) is 1.07. The number of carbonyl (C=O) groups is 3. The van der Waals surface area contributed by atoms with E-state index in [1.807, 2.05) is 0 Å². The number of benzene rings is 2. The maximum absolute atomic E-state index is 14.0. The Bertz CT molecular complexity index is 1610. The van der Waals surface area contributed by atoms with Crippen molar-refractivity contribution in [3.8, 4) is 16.9 Å². The molecule has 0 heterocycles. The highest BCUT2D eigenvalue weighted by molar-refractivity contribution is 6.24. The first kappa shape index (κ1) is 28.0. The van der Waals surface area contributed by atoms with Gasteiger partial charge in [-0.25, -0.2) is 0 Å². The Balaban J connectivity index is 1.73. The molecule has 3 aliphatic rings. The average molecular weight is 566 g/mol. The van der Waals surface area contributed by atoms with Crippen molar-refractivity contribution < 1.29 is 44.8 Å². The number of phenols is 1. The van der Waals surface area contributed by atoms with Gasteiger partial charge in [0.25, 0.3) is 11.6 Å². The summed E-state index contributed by atoms with van der Waals surface area (Å²) in [6, 6.07) is 6.98. The van der Waals surface area contributed by atoms with E-state index in [9.17, 15) is 50.0 Å². The molecule has 7 N–H and O–H groups in total. The zero-order valence-corrected chi connectivity index (χ0v) is 22.1. The SMILES string of the molecule is C[C@H]1c2cc(-c3ccc([N+](=O)[O-])cc3)cc(O)c2C(O)=C2C(=O)[C@]3(O)C(O)=C(C(N)=O)C(=O)[C@@H](N(C)C)[C@@H]3[C@@H](O)[C@@H]21. The van der Waals surface area contributed by atoms with Crippen LogP contribution in [0.2, 0.25) is 0 Å². The molecule has 6 atom stereocenters. The molecular formula is C28H27N3O10. The molecule has 0 bridgehead atoms. The normalized spacial score (nSPS) is 29.3. The lowest BCUT2D eigenvalue weighted by Gasteiger charge is -2.53. The third kappa shape index (κ3) is 3.70. The van der Waals surface area contributed by atoms with Gasteiger partial charge in [-0.2, -0.15) is 0 Å². The Morgan fingerprint density at radius 2 is 1.68 bits per heavy atom. The van der Waals surface area contributed by atoms with Crippen molar-refractivity contribution in [2.45, 2.75) is 30.6 Å². The van der Waals surface area contributed by atoms with Crippen molar-refractivity contribution in [2.24, 2.45) is 17.6 Å². The summed E-state index contributed by atoms with van der Waals surface area (Å²) in [5.74, 6) is -9.77. The standard InChI is InChI=1S/C28H27N3O10/c1-10-14-8-12(11-4-6-13(7-5-11)31(40)41)9-15(32)17(14)22(33)18-16(10)23(34)20-21(30(2)3)24(35)19(27(29)38)26(37)28(20,39)25(18)36/h4-10,16,20-21,23,32-34,37,39H,1-3H3,(H2,29,38)/t10-,16+,20+,21-,23-,28-/m0/s1. The maximum Gasteiger partial charge on any atom is 0.269 e. The zero-order valence-electron chi connectivity index (χ0n) is 22.1. The van der Waals surface area contributed by atoms with Crippen LogP contribution in [0, 0.1) is 22.0 Å². The molecule has 1 amide bonds. The number of hydrogen-bond donors (Lipinski definition) is 6. The second kappa shape index (κ2) is 9.23. The average Bonchev–Trinajstić information content (AvgIpc) is 2.90. The molecule has 0 unspecified atom stereocenters. The van der Waals surface area contributed by atoms with E-state index in [2.05, 4.69) is 0 Å². The van der Waals surface area contributed by atoms with Crippen LogP contribution < -0.4 is 5.73 Å². The minimum Gasteiger partial charge on any atom is -0.508 e. The summed E-state index contributed by atoms with van der Waals surface area (Å²) in [6.07, 6.45) is -1.71. The number of nitro benzene ring substituents is 1. The van der Waals surface area contributed by atoms with Gasteiger partial charge in [0, 0.05) is 23.6 Å². The summed E-state index contributed by atoms with van der Waals surface area (Å²) in [4.78, 5) is 51.1. The summed E-state index contributed by atoms with van der Waals surface area (Å²) in [5, 5.41) is 67.7. The van der Waals surface area contributed by atoms with E-state index in [1.165, 1.54) is 49.3 Å². The van der Waals surface area contributed by atoms with Crippen LogP contribution in [0.15, 0.2) is 53.3 Å². The summed E-state index contributed by atoms with van der Waals surface area (Å²) in [7, 11) is 2.86. The fourth-order valence-corrected chi connectivity index (χ4v) is 6.59. The number of primary amides is 1. The number of aliphatic hydroxyl groups excluding tert-OH is 3. The molecular weight excluding hydrogens is 538 g/mol. The number of non-ortho nitro benzene ring substituents is 1. The van der Waals surface area contributed by atoms with Gasteiger partial charge in [0.15, 0.2) is 11.4 Å². The molecule has 2 aromatic rings. The van der Waals surface area contributed by atoms with Gasteiger partial charge in [0.1, 0.15) is 22.8 Å². The number of rotatable bonds is 4. The monoisotopic (exact) mass is 565 g/mol. The summed E-state index contributed by atoms with van der Waals surface area (Å²) in [5.41, 5.74) is 1.82. The van der Waals surface area contributed by atoms with Gasteiger partial charge in [-0.15, -0.1) is 0 Å². The first-order valence-electron chi connectivity index (χ1n) is 12.6. The van der Waals surface area contributed by atoms with Crippen LogP contribution in [0.1, 0.15) is 24.0 Å². The highest BCUT2D eigenvalue weighted by Crippen LogP contribution is 2.56. The molecule has 0 aliphatic heterocycles. The molecule has 0 spiro atoms. The van der Waals surface area contributed by atoms with E-state index in [0.717, 1.165) is 0 Å². The summed E-state index contributed by atoms with van der Waals surface area (Å²) >= 11 is 0. The van der Waals surface area contributed by atoms with Crippen molar-refractivity contribution in [1.82, 2.24) is 4.90 Å². The Kier molecular flexibility index (Phi) is 6.29. The van der Waals surface area contributed by atoms with Crippen LogP contribution in [0.25, 0.3) is 16.9 Å². The third-order valence-electron chi connectivity index (χ3n) is 8.48. The molecule has 13 nitrogen and oxygen atoms in total. The number of nitrogens with two attached hydrogens (primary N) is 1. The lowest BCUT2D eigenvalue weighted by Crippen LogP contribution is -2.70. The predicted molar refractivity (Wildman–Crippen MR) is 142 cm³/mol. The second-order valence-corrected chi connectivity index (χ2v) is 10.8. The van der Waals surface area contributed by atoms with E-state index in [1.54, 1.807) is 13.0 Å². The summed E-state index contributed by atoms with van der Waals surface area (Å²) in [6.45, 7) is 1.62.